The van der Waals surface area contributed by atoms with E-state index >= 15 is 0 Å². The van der Waals surface area contributed by atoms with E-state index in [4.69, 9.17) is 11.5 Å². The first-order valence-electron chi connectivity index (χ1n) is 8.94. The van der Waals surface area contributed by atoms with Gasteiger partial charge in [-0.05, 0) is 30.3 Å². The maximum Gasteiger partial charge on any atom is 0.409 e. The van der Waals surface area contributed by atoms with E-state index in [1.807, 2.05) is 0 Å². The predicted octanol–water partition coefficient (Wildman–Crippen LogP) is 1.95. The lowest BCUT2D eigenvalue weighted by molar-refractivity contribution is 0.0231. The zero-order valence-electron chi connectivity index (χ0n) is 16.3. The minimum Gasteiger partial charge on any atom is -0.453 e. The molecule has 1 aromatic heterocycles. The maximum absolute atomic E-state index is 14.7. The largest absolute Gasteiger partial charge is 0.453 e. The van der Waals surface area contributed by atoms with Crippen LogP contribution in [0.2, 0.25) is 0 Å². The third-order valence-electron chi connectivity index (χ3n) is 4.63. The Labute approximate surface area is 174 Å². The number of carbonyl (C=O) groups excluding carboxylic acids is 2. The van der Waals surface area contributed by atoms with Crippen LogP contribution in [-0.2, 0) is 10.3 Å². The maximum atomic E-state index is 14.7. The van der Waals surface area contributed by atoms with E-state index in [9.17, 15) is 22.8 Å². The predicted molar refractivity (Wildman–Crippen MR) is 106 cm³/mol. The van der Waals surface area contributed by atoms with Gasteiger partial charge >= 0.3 is 6.09 Å². The molecule has 31 heavy (non-hydrogen) atoms. The topological polar surface area (TPSA) is 136 Å². The Bertz CT molecular complexity index is 1030. The number of nitrogens with one attached hydrogen (secondary N) is 1. The summed E-state index contributed by atoms with van der Waals surface area (Å²) in [6.07, 6.45) is -2.86. The molecule has 164 valence electrons. The molecule has 0 spiro atoms. The Hall–Kier alpha value is -3.83. The van der Waals surface area contributed by atoms with Gasteiger partial charge in [0.05, 0.1) is 32.1 Å². The molecule has 12 heteroatoms. The van der Waals surface area contributed by atoms with Crippen LogP contribution < -0.4 is 16.8 Å². The zero-order chi connectivity index (χ0) is 22.8. The number of methoxy groups -OCH3 is 1. The number of nitrogens with two attached hydrogens (primary N) is 2. The van der Waals surface area contributed by atoms with Crippen LogP contribution in [0.25, 0.3) is 0 Å². The van der Waals surface area contributed by atoms with Crippen molar-refractivity contribution in [1.29, 1.82) is 0 Å². The van der Waals surface area contributed by atoms with E-state index < -0.39 is 41.9 Å². The summed E-state index contributed by atoms with van der Waals surface area (Å²) in [4.78, 5) is 32.9. The Morgan fingerprint density at radius 2 is 2.00 bits per heavy atom. The monoisotopic (exact) mass is 436 g/mol. The SMILES string of the molecule is COC(=O)N1CC(N)=NC(c2cc(NC(=O)c3ccc(N)cn3)ccc2F)(C(F)F)C1. The zero-order valence-corrected chi connectivity index (χ0v) is 16.3. The second-order valence-electron chi connectivity index (χ2n) is 6.78. The van der Waals surface area contributed by atoms with Crippen LogP contribution in [0.4, 0.5) is 29.3 Å². The molecule has 0 bridgehead atoms. The summed E-state index contributed by atoms with van der Waals surface area (Å²) in [5.74, 6) is -1.96. The van der Waals surface area contributed by atoms with Crippen molar-refractivity contribution in [3.05, 3.63) is 53.6 Å². The molecule has 1 aromatic carbocycles. The fourth-order valence-corrected chi connectivity index (χ4v) is 3.18. The molecule has 0 aliphatic carbocycles. The minimum atomic E-state index is -3.22. The summed E-state index contributed by atoms with van der Waals surface area (Å²) in [5, 5.41) is 2.46. The smallest absolute Gasteiger partial charge is 0.409 e. The van der Waals surface area contributed by atoms with Gasteiger partial charge in [-0.1, -0.05) is 0 Å². The van der Waals surface area contributed by atoms with Gasteiger partial charge in [-0.25, -0.2) is 22.9 Å². The van der Waals surface area contributed by atoms with Crippen LogP contribution in [0.15, 0.2) is 41.5 Å². The molecular weight excluding hydrogens is 417 g/mol. The van der Waals surface area contributed by atoms with Crippen LogP contribution in [-0.4, -0.2) is 54.3 Å². The number of amidine groups is 1. The van der Waals surface area contributed by atoms with Gasteiger partial charge < -0.3 is 21.5 Å². The van der Waals surface area contributed by atoms with Crippen LogP contribution >= 0.6 is 0 Å². The van der Waals surface area contributed by atoms with Gasteiger partial charge in [0.2, 0.25) is 0 Å². The molecule has 0 fully saturated rings. The first kappa shape index (κ1) is 21.9. The highest BCUT2D eigenvalue weighted by Gasteiger charge is 2.49. The highest BCUT2D eigenvalue weighted by Crippen LogP contribution is 2.38. The number of anilines is 2. The van der Waals surface area contributed by atoms with Crippen molar-refractivity contribution in [2.45, 2.75) is 12.0 Å². The number of aliphatic imine (C=N–C) groups is 1. The molecule has 0 radical (unpaired) electrons. The molecule has 1 unspecified atom stereocenters. The van der Waals surface area contributed by atoms with Crippen LogP contribution in [0.3, 0.4) is 0 Å². The Morgan fingerprint density at radius 3 is 2.61 bits per heavy atom. The molecular formula is C19H19F3N6O3. The quantitative estimate of drug-likeness (QED) is 0.670. The fraction of sp³-hybridized carbons (Fsp3) is 0.263. The van der Waals surface area contributed by atoms with E-state index in [0.29, 0.717) is 5.69 Å². The number of nitrogen functional groups attached to an aromatic ring is 1. The summed E-state index contributed by atoms with van der Waals surface area (Å²) >= 11 is 0. The summed E-state index contributed by atoms with van der Waals surface area (Å²) in [6.45, 7) is -0.923. The molecule has 1 aliphatic heterocycles. The summed E-state index contributed by atoms with van der Waals surface area (Å²) < 4.78 is 47.7. The van der Waals surface area contributed by atoms with Gasteiger partial charge in [0.15, 0.2) is 5.54 Å². The van der Waals surface area contributed by atoms with Crippen molar-refractivity contribution in [2.75, 3.05) is 31.2 Å². The van der Waals surface area contributed by atoms with Crippen molar-refractivity contribution in [2.24, 2.45) is 10.7 Å². The van der Waals surface area contributed by atoms with E-state index in [0.717, 1.165) is 24.1 Å². The number of benzene rings is 1. The summed E-state index contributed by atoms with van der Waals surface area (Å²) in [7, 11) is 1.08. The lowest BCUT2D eigenvalue weighted by Gasteiger charge is -2.38. The van der Waals surface area contributed by atoms with E-state index in [1.54, 1.807) is 0 Å². The number of halogens is 3. The van der Waals surface area contributed by atoms with Crippen LogP contribution in [0.5, 0.6) is 0 Å². The molecule has 2 amide bonds. The molecule has 2 heterocycles. The van der Waals surface area contributed by atoms with Gasteiger partial charge in [-0.15, -0.1) is 0 Å². The van der Waals surface area contributed by atoms with E-state index in [-0.39, 0.29) is 23.8 Å². The first-order chi connectivity index (χ1) is 14.7. The van der Waals surface area contributed by atoms with Crippen LogP contribution in [0, 0.1) is 5.82 Å². The number of nitrogens with zero attached hydrogens (tertiary/aromatic N) is 3. The summed E-state index contributed by atoms with van der Waals surface area (Å²) in [5.41, 5.74) is 8.57. The van der Waals surface area contributed by atoms with Crippen LogP contribution in [0.1, 0.15) is 16.1 Å². The Kier molecular flexibility index (Phi) is 5.99. The number of hydrogen-bond donors (Lipinski definition) is 3. The van der Waals surface area contributed by atoms with Gasteiger partial charge in [-0.2, -0.15) is 0 Å². The van der Waals surface area contributed by atoms with Crippen molar-refractivity contribution in [3.63, 3.8) is 0 Å². The number of carbonyl (C=O) groups is 2. The Balaban J connectivity index is 2.00. The lowest BCUT2D eigenvalue weighted by atomic mass is 9.88. The van der Waals surface area contributed by atoms with Crippen molar-refractivity contribution in [1.82, 2.24) is 9.88 Å². The molecule has 1 atom stereocenters. The highest BCUT2D eigenvalue weighted by atomic mass is 19.3. The highest BCUT2D eigenvalue weighted by molar-refractivity contribution is 6.03. The van der Waals surface area contributed by atoms with Gasteiger partial charge in [-0.3, -0.25) is 14.7 Å². The third-order valence-corrected chi connectivity index (χ3v) is 4.63. The first-order valence-corrected chi connectivity index (χ1v) is 8.94. The molecule has 2 aromatic rings. The second kappa shape index (κ2) is 8.50. The molecule has 0 saturated heterocycles. The fourth-order valence-electron chi connectivity index (χ4n) is 3.18. The average Bonchev–Trinajstić information content (AvgIpc) is 2.74. The minimum absolute atomic E-state index is 0.0143. The number of alkyl halides is 2. The van der Waals surface area contributed by atoms with Crippen molar-refractivity contribution >= 4 is 29.2 Å². The van der Waals surface area contributed by atoms with E-state index in [1.165, 1.54) is 24.4 Å². The molecule has 3 rings (SSSR count). The van der Waals surface area contributed by atoms with Gasteiger partial charge in [0.25, 0.3) is 12.3 Å². The third kappa shape index (κ3) is 4.37. The van der Waals surface area contributed by atoms with E-state index in [2.05, 4.69) is 20.0 Å². The van der Waals surface area contributed by atoms with Crippen molar-refractivity contribution < 1.29 is 27.5 Å². The standard InChI is InChI=1S/C19H19F3N6O3/c1-31-18(30)28-8-15(24)27-19(9-28,17(21)22)12-6-11(3-4-13(12)20)26-16(29)14-5-2-10(23)7-25-14/h2-7,17H,8-9,23H2,1H3,(H2,24,27)(H,26,29). The number of ether oxygens (including phenoxy) is 1. The van der Waals surface area contributed by atoms with Crippen molar-refractivity contribution in [3.8, 4) is 0 Å². The normalized spacial score (nSPS) is 18.5. The second-order valence-corrected chi connectivity index (χ2v) is 6.78. The summed E-state index contributed by atoms with van der Waals surface area (Å²) in [6, 6.07) is 5.96. The molecule has 0 saturated carbocycles. The molecule has 9 nitrogen and oxygen atoms in total. The van der Waals surface area contributed by atoms with Gasteiger partial charge in [0, 0.05) is 11.3 Å². The number of hydrogen-bond acceptors (Lipinski definition) is 7. The number of rotatable bonds is 4. The average molecular weight is 436 g/mol. The number of pyridine rings is 1. The molecule has 5 N–H and O–H groups in total. The molecule has 1 aliphatic rings. The number of amides is 2. The van der Waals surface area contributed by atoms with Gasteiger partial charge in [0.1, 0.15) is 17.3 Å². The number of aromatic nitrogens is 1. The lowest BCUT2D eigenvalue weighted by Crippen LogP contribution is -2.55. The Morgan fingerprint density at radius 1 is 1.26 bits per heavy atom.